The lowest BCUT2D eigenvalue weighted by molar-refractivity contribution is 1.09. The van der Waals surface area contributed by atoms with Crippen molar-refractivity contribution in [2.45, 2.75) is 75.7 Å². The first kappa shape index (κ1) is 47.5. The number of nitrogens with zero attached hydrogens (tertiary/aromatic N) is 4. The fraction of sp³-hybridized carbons (Fsp3) is 0.151. The summed E-state index contributed by atoms with van der Waals surface area (Å²) in [4.78, 5) is 0. The monoisotopic (exact) mass is 990 g/mol. The zero-order chi connectivity index (χ0) is 53.3. The van der Waals surface area contributed by atoms with E-state index in [1.165, 1.54) is 111 Å². The van der Waals surface area contributed by atoms with E-state index in [1.54, 1.807) is 0 Å². The fourth-order valence-electron chi connectivity index (χ4n) is 13.9. The van der Waals surface area contributed by atoms with E-state index in [0.29, 0.717) is 11.1 Å². The van der Waals surface area contributed by atoms with E-state index in [1.807, 2.05) is 24.3 Å². The van der Waals surface area contributed by atoms with Crippen LogP contribution < -0.4 is 0 Å². The van der Waals surface area contributed by atoms with Gasteiger partial charge in [0.25, 0.3) is 0 Å². The molecule has 0 N–H and O–H groups in total. The average Bonchev–Trinajstić information content (AvgIpc) is 4.00. The lowest BCUT2D eigenvalue weighted by Crippen LogP contribution is -2.05. The predicted octanol–water partition coefficient (Wildman–Crippen LogP) is 18.9. The van der Waals surface area contributed by atoms with Crippen molar-refractivity contribution < 1.29 is 0 Å². The number of hydrogen-bond donors (Lipinski definition) is 0. The van der Waals surface area contributed by atoms with E-state index in [9.17, 15) is 10.5 Å². The van der Waals surface area contributed by atoms with Crippen LogP contribution >= 0.6 is 0 Å². The van der Waals surface area contributed by atoms with Gasteiger partial charge in [-0.25, -0.2) is 0 Å². The van der Waals surface area contributed by atoms with E-state index in [-0.39, 0.29) is 0 Å². The van der Waals surface area contributed by atoms with Gasteiger partial charge in [0, 0.05) is 27.1 Å². The van der Waals surface area contributed by atoms with E-state index in [2.05, 4.69) is 224 Å². The third-order valence-electron chi connectivity index (χ3n) is 16.6. The molecule has 8 bridgehead atoms. The van der Waals surface area contributed by atoms with Crippen LogP contribution in [0.25, 0.3) is 111 Å². The van der Waals surface area contributed by atoms with Crippen LogP contribution in [-0.4, -0.2) is 9.13 Å². The highest BCUT2D eigenvalue weighted by atomic mass is 15.1. The highest BCUT2D eigenvalue weighted by Gasteiger charge is 2.26. The summed E-state index contributed by atoms with van der Waals surface area (Å²) in [5, 5.41) is 26.1. The summed E-state index contributed by atoms with van der Waals surface area (Å²) in [6.07, 6.45) is 0.764. The van der Waals surface area contributed by atoms with Crippen LogP contribution in [0, 0.1) is 91.9 Å². The Balaban J connectivity index is 1.24. The van der Waals surface area contributed by atoms with E-state index >= 15 is 0 Å². The van der Waals surface area contributed by atoms with Crippen molar-refractivity contribution in [3.8, 4) is 79.1 Å². The molecule has 0 radical (unpaired) electrons. The smallest absolute Gasteiger partial charge is 0.0998 e. The van der Waals surface area contributed by atoms with Crippen LogP contribution in [0.15, 0.2) is 158 Å². The van der Waals surface area contributed by atoms with Crippen LogP contribution in [0.4, 0.5) is 0 Å². The van der Waals surface area contributed by atoms with E-state index < -0.39 is 0 Å². The lowest BCUT2D eigenvalue weighted by Gasteiger charge is -2.20. The number of aryl methyl sites for hydroxylation is 10. The van der Waals surface area contributed by atoms with Gasteiger partial charge >= 0.3 is 0 Å². The minimum absolute atomic E-state index is 0.525. The molecular formula is C73H58N4. The van der Waals surface area contributed by atoms with Crippen LogP contribution in [0.2, 0.25) is 0 Å². The molecule has 10 aromatic carbocycles. The van der Waals surface area contributed by atoms with Gasteiger partial charge in [0.1, 0.15) is 0 Å². The van der Waals surface area contributed by atoms with E-state index in [0.717, 1.165) is 72.5 Å². The first-order valence-electron chi connectivity index (χ1n) is 26.8. The second kappa shape index (κ2) is 17.7. The Morgan fingerprint density at radius 3 is 1.09 bits per heavy atom. The van der Waals surface area contributed by atoms with Crippen molar-refractivity contribution in [2.24, 2.45) is 0 Å². The molecule has 4 aliphatic heterocycles. The summed E-state index contributed by atoms with van der Waals surface area (Å²) in [5.41, 5.74) is 33.5. The zero-order valence-corrected chi connectivity index (χ0v) is 45.5. The summed E-state index contributed by atoms with van der Waals surface area (Å²) in [6, 6.07) is 63.7. The first-order valence-corrected chi connectivity index (χ1v) is 26.8. The Hall–Kier alpha value is -9.22. The molecule has 6 heterocycles. The average molecular weight is 991 g/mol. The fourth-order valence-corrected chi connectivity index (χ4v) is 13.9. The van der Waals surface area contributed by atoms with Gasteiger partial charge in [-0.2, -0.15) is 10.5 Å². The molecule has 0 atom stereocenters. The number of fused-ring (bicyclic) bond motifs is 2. The van der Waals surface area contributed by atoms with Crippen LogP contribution in [0.5, 0.6) is 0 Å². The number of rotatable bonds is 3. The van der Waals surface area contributed by atoms with Crippen molar-refractivity contribution in [1.29, 1.82) is 10.5 Å². The SMILES string of the molecule is Cc1cc(C)c(-c2ccc3c(c2)c2cc4ccc2n3-c2cc(C#N)c(-c3cccc(C#N)c3)cc2-n2c3ccc(-c5c(C)cc(C)cc5C)cc3c3cc(ccc32)-c2c(C)cc(C)cc2Cc2cc(C)cc(C)c2-4)c(C)c1. The molecule has 0 unspecified atom stereocenters. The van der Waals surface area contributed by atoms with Crippen LogP contribution in [0.1, 0.15) is 77.9 Å². The van der Waals surface area contributed by atoms with Gasteiger partial charge in [-0.3, -0.25) is 0 Å². The van der Waals surface area contributed by atoms with Crippen LogP contribution in [0.3, 0.4) is 0 Å². The van der Waals surface area contributed by atoms with Crippen LogP contribution in [-0.2, 0) is 6.42 Å². The molecule has 12 aromatic rings. The summed E-state index contributed by atoms with van der Waals surface area (Å²) >= 11 is 0. The highest BCUT2D eigenvalue weighted by Crippen LogP contribution is 2.46. The number of benzene rings is 10. The molecule has 0 saturated heterocycles. The lowest BCUT2D eigenvalue weighted by atomic mass is 9.85. The summed E-state index contributed by atoms with van der Waals surface area (Å²) in [7, 11) is 0. The highest BCUT2D eigenvalue weighted by molar-refractivity contribution is 6.14. The molecule has 370 valence electrons. The molecular weight excluding hydrogens is 933 g/mol. The summed E-state index contributed by atoms with van der Waals surface area (Å²) in [6.45, 7) is 22.2. The quantitative estimate of drug-likeness (QED) is 0.177. The maximum absolute atomic E-state index is 11.3. The molecule has 0 spiro atoms. The van der Waals surface area contributed by atoms with Crippen molar-refractivity contribution >= 4 is 43.6 Å². The van der Waals surface area contributed by atoms with Gasteiger partial charge in [-0.05, 0) is 243 Å². The number of hydrogen-bond acceptors (Lipinski definition) is 2. The van der Waals surface area contributed by atoms with Crippen molar-refractivity contribution in [3.63, 3.8) is 0 Å². The maximum Gasteiger partial charge on any atom is 0.0998 e. The van der Waals surface area contributed by atoms with Gasteiger partial charge in [-0.15, -0.1) is 0 Å². The topological polar surface area (TPSA) is 57.4 Å². The van der Waals surface area contributed by atoms with Gasteiger partial charge in [0.15, 0.2) is 0 Å². The minimum atomic E-state index is 0.525. The standard InChI is InChI=1S/C73H58N4/c1-40-22-44(5)70(45(6)23-40)52-14-18-64-60(32-52)62-34-54-16-20-65(62)76(64)68-36-58(39-75)59(51-13-11-12-50(30-51)38-74)37-69(68)77-66-19-15-53(71-46(7)24-41(2)25-47(71)8)33-61(66)63-35-55(17-21-67(63)77)73-49(10)27-43(4)29-57(73)31-56-28-42(3)26-48(9)72(54)56/h11-30,32-37H,31H2,1-10H3. The van der Waals surface area contributed by atoms with Gasteiger partial charge in [-0.1, -0.05) is 107 Å². The number of nitriles is 2. The van der Waals surface area contributed by atoms with Crippen molar-refractivity contribution in [3.05, 3.63) is 236 Å². The zero-order valence-electron chi connectivity index (χ0n) is 45.5. The third-order valence-corrected chi connectivity index (χ3v) is 16.6. The third kappa shape index (κ3) is 7.54. The van der Waals surface area contributed by atoms with Gasteiger partial charge in [0.05, 0.1) is 56.7 Å². The largest absolute Gasteiger partial charge is 0.307 e. The second-order valence-corrected chi connectivity index (χ2v) is 22.2. The molecule has 4 nitrogen and oxygen atoms in total. The predicted molar refractivity (Wildman–Crippen MR) is 322 cm³/mol. The molecule has 77 heavy (non-hydrogen) atoms. The van der Waals surface area contributed by atoms with Gasteiger partial charge < -0.3 is 9.13 Å². The molecule has 0 fully saturated rings. The summed E-state index contributed by atoms with van der Waals surface area (Å²) < 4.78 is 4.84. The van der Waals surface area contributed by atoms with E-state index in [4.69, 9.17) is 0 Å². The molecule has 0 amide bonds. The maximum atomic E-state index is 11.3. The molecule has 2 aromatic heterocycles. The Morgan fingerprint density at radius 1 is 0.338 bits per heavy atom. The Kier molecular flexibility index (Phi) is 10.9. The Bertz CT molecular complexity index is 4620. The Labute approximate surface area is 451 Å². The molecule has 4 heteroatoms. The normalized spacial score (nSPS) is 11.9. The van der Waals surface area contributed by atoms with Gasteiger partial charge in [0.2, 0.25) is 0 Å². The number of aromatic nitrogens is 2. The summed E-state index contributed by atoms with van der Waals surface area (Å²) in [5.74, 6) is 0. The molecule has 4 aliphatic rings. The molecule has 16 rings (SSSR count). The minimum Gasteiger partial charge on any atom is -0.307 e. The van der Waals surface area contributed by atoms with Crippen molar-refractivity contribution in [2.75, 3.05) is 0 Å². The Morgan fingerprint density at radius 2 is 0.701 bits per heavy atom. The molecule has 0 aliphatic carbocycles. The second-order valence-electron chi connectivity index (χ2n) is 22.2. The molecule has 0 saturated carbocycles. The first-order chi connectivity index (χ1) is 37.2. The van der Waals surface area contributed by atoms with Crippen molar-refractivity contribution in [1.82, 2.24) is 9.13 Å².